The number of rotatable bonds is 9. The largest absolute Gasteiger partial charge is 0.507 e. The number of H-pyrrole nitrogens is 2. The quantitative estimate of drug-likeness (QED) is 0.111. The van der Waals surface area contributed by atoms with E-state index in [1.54, 1.807) is 49.6 Å². The summed E-state index contributed by atoms with van der Waals surface area (Å²) in [6.07, 6.45) is 1.45. The molecular formula is C26H23N5O7S2. The molecule has 2 aliphatic heterocycles. The number of aliphatic imine (C=N–C) groups is 1. The average molecular weight is 582 g/mol. The number of methoxy groups -OCH3 is 1. The number of esters is 1. The summed E-state index contributed by atoms with van der Waals surface area (Å²) in [5.41, 5.74) is 0.230. The van der Waals surface area contributed by atoms with Crippen LogP contribution in [0.25, 0.3) is 0 Å². The van der Waals surface area contributed by atoms with Gasteiger partial charge in [-0.15, -0.1) is 16.9 Å². The minimum absolute atomic E-state index is 0.0176. The first-order valence-corrected chi connectivity index (χ1v) is 14.0. The van der Waals surface area contributed by atoms with E-state index >= 15 is 0 Å². The van der Waals surface area contributed by atoms with Crippen molar-refractivity contribution >= 4 is 41.6 Å². The Morgan fingerprint density at radius 3 is 2.70 bits per heavy atom. The molecule has 1 fully saturated rings. The summed E-state index contributed by atoms with van der Waals surface area (Å²) in [4.78, 5) is 57.8. The van der Waals surface area contributed by atoms with E-state index in [-0.39, 0.29) is 34.9 Å². The number of thioether (sulfide) groups is 2. The van der Waals surface area contributed by atoms with Crippen molar-refractivity contribution in [3.05, 3.63) is 91.6 Å². The van der Waals surface area contributed by atoms with Crippen LogP contribution in [0, 0.1) is 0 Å². The number of hydrogen-bond donors (Lipinski definition) is 3. The molecule has 2 aromatic carbocycles. The number of benzene rings is 2. The number of phenolic OH excluding ortho intramolecular Hbond substituents is 1. The Kier molecular flexibility index (Phi) is 8.07. The van der Waals surface area contributed by atoms with Crippen molar-refractivity contribution in [2.45, 2.75) is 23.2 Å². The standard InChI is InChI=1S/C26H23N5O7S2/c1-37-17-8-6-14(7-9-17)11-38-25(36)20-16(13-40-26-28-21(33)22(34)29-30-26)12-39-24-19(23(35)31(20)24)27-10-15-4-2-3-5-18(15)32/h2-10,19,24,32H,11-13H2,1H3,(H,29,34)(H,28,30,33)/t19-,24-/m1/s1. The Bertz CT molecular complexity index is 1620. The lowest BCUT2D eigenvalue weighted by Gasteiger charge is -2.48. The molecule has 0 unspecified atom stereocenters. The summed E-state index contributed by atoms with van der Waals surface area (Å²) >= 11 is 2.54. The van der Waals surface area contributed by atoms with Crippen LogP contribution in [0.1, 0.15) is 11.1 Å². The van der Waals surface area contributed by atoms with E-state index < -0.39 is 28.5 Å². The zero-order valence-corrected chi connectivity index (χ0v) is 22.7. The Morgan fingerprint density at radius 1 is 1.20 bits per heavy atom. The number of phenols is 1. The van der Waals surface area contributed by atoms with Crippen LogP contribution < -0.4 is 15.9 Å². The highest BCUT2D eigenvalue weighted by Crippen LogP contribution is 2.43. The number of aromatic hydroxyl groups is 1. The summed E-state index contributed by atoms with van der Waals surface area (Å²) in [6, 6.07) is 13.0. The Hall–Kier alpha value is -4.30. The van der Waals surface area contributed by atoms with Gasteiger partial charge in [-0.3, -0.25) is 29.3 Å². The molecule has 14 heteroatoms. The molecule has 3 N–H and O–H groups in total. The smallest absolute Gasteiger partial charge is 0.355 e. The molecular weight excluding hydrogens is 558 g/mol. The molecule has 12 nitrogen and oxygen atoms in total. The van der Waals surface area contributed by atoms with Gasteiger partial charge in [-0.1, -0.05) is 36.0 Å². The van der Waals surface area contributed by atoms with Gasteiger partial charge < -0.3 is 14.6 Å². The Morgan fingerprint density at radius 2 is 1.98 bits per heavy atom. The average Bonchev–Trinajstić information content (AvgIpc) is 2.97. The molecule has 2 aliphatic rings. The molecule has 3 heterocycles. The Balaban J connectivity index is 1.37. The maximum atomic E-state index is 13.4. The van der Waals surface area contributed by atoms with Crippen molar-refractivity contribution in [1.82, 2.24) is 20.1 Å². The van der Waals surface area contributed by atoms with E-state index in [4.69, 9.17) is 9.47 Å². The highest BCUT2D eigenvalue weighted by molar-refractivity contribution is 8.01. The van der Waals surface area contributed by atoms with Gasteiger partial charge in [-0.25, -0.2) is 9.89 Å². The second kappa shape index (κ2) is 11.8. The molecule has 0 spiro atoms. The zero-order valence-electron chi connectivity index (χ0n) is 21.0. The summed E-state index contributed by atoms with van der Waals surface area (Å²) < 4.78 is 10.8. The third-order valence-corrected chi connectivity index (χ3v) is 8.41. The van der Waals surface area contributed by atoms with Gasteiger partial charge in [0.25, 0.3) is 5.91 Å². The van der Waals surface area contributed by atoms with Gasteiger partial charge in [0.15, 0.2) is 11.2 Å². The molecule has 0 aliphatic carbocycles. The van der Waals surface area contributed by atoms with Gasteiger partial charge >= 0.3 is 17.1 Å². The van der Waals surface area contributed by atoms with Gasteiger partial charge in [-0.2, -0.15) is 0 Å². The number of aromatic amines is 2. The van der Waals surface area contributed by atoms with Crippen LogP contribution >= 0.6 is 23.5 Å². The summed E-state index contributed by atoms with van der Waals surface area (Å²) in [7, 11) is 1.56. The number of hydrogen-bond acceptors (Lipinski definition) is 11. The molecule has 1 amide bonds. The fraction of sp³-hybridized carbons (Fsp3) is 0.231. The van der Waals surface area contributed by atoms with E-state index in [1.165, 1.54) is 28.9 Å². The molecule has 0 radical (unpaired) electrons. The highest BCUT2D eigenvalue weighted by Gasteiger charge is 2.53. The SMILES string of the molecule is COc1ccc(COC(=O)C2=C(CSc3n[nH]c(=O)c(=O)[nH]3)CS[C@@H]3[C@H](N=Cc4ccccc4O)C(=O)N23)cc1. The van der Waals surface area contributed by atoms with Gasteiger partial charge in [0.2, 0.25) is 0 Å². The Labute approximate surface area is 235 Å². The van der Waals surface area contributed by atoms with Crippen LogP contribution in [0.3, 0.4) is 0 Å². The van der Waals surface area contributed by atoms with Crippen LogP contribution in [0.15, 0.2) is 79.5 Å². The molecule has 5 rings (SSSR count). The second-order valence-corrected chi connectivity index (χ2v) is 10.7. The van der Waals surface area contributed by atoms with Crippen LogP contribution in [0.5, 0.6) is 11.5 Å². The third-order valence-electron chi connectivity index (χ3n) is 6.12. The summed E-state index contributed by atoms with van der Waals surface area (Å²) in [5.74, 6) is 0.262. The zero-order chi connectivity index (χ0) is 28.2. The number of fused-ring (bicyclic) bond motifs is 1. The maximum absolute atomic E-state index is 13.4. The lowest BCUT2D eigenvalue weighted by atomic mass is 10.0. The fourth-order valence-electron chi connectivity index (χ4n) is 4.02. The van der Waals surface area contributed by atoms with Gasteiger partial charge in [0.05, 0.1) is 7.11 Å². The third kappa shape index (κ3) is 5.67. The lowest BCUT2D eigenvalue weighted by Crippen LogP contribution is -2.64. The highest BCUT2D eigenvalue weighted by atomic mass is 32.2. The maximum Gasteiger partial charge on any atom is 0.355 e. The lowest BCUT2D eigenvalue weighted by molar-refractivity contribution is -0.151. The first-order valence-electron chi connectivity index (χ1n) is 12.0. The molecule has 206 valence electrons. The van der Waals surface area contributed by atoms with Crippen molar-refractivity contribution in [3.63, 3.8) is 0 Å². The van der Waals surface area contributed by atoms with E-state index in [1.807, 2.05) is 0 Å². The van der Waals surface area contributed by atoms with Gasteiger partial charge in [0.1, 0.15) is 29.2 Å². The van der Waals surface area contributed by atoms with E-state index in [0.29, 0.717) is 22.6 Å². The fourth-order valence-corrected chi connectivity index (χ4v) is 6.31. The number of aromatic nitrogens is 3. The predicted octanol–water partition coefficient (Wildman–Crippen LogP) is 1.66. The molecule has 0 saturated carbocycles. The van der Waals surface area contributed by atoms with Gasteiger partial charge in [0, 0.05) is 23.3 Å². The molecule has 0 bridgehead atoms. The normalized spacial score (nSPS) is 18.4. The van der Waals surface area contributed by atoms with Crippen molar-refractivity contribution in [2.24, 2.45) is 4.99 Å². The van der Waals surface area contributed by atoms with Crippen molar-refractivity contribution in [1.29, 1.82) is 0 Å². The monoisotopic (exact) mass is 581 g/mol. The summed E-state index contributed by atoms with van der Waals surface area (Å²) in [6.45, 7) is -0.0176. The van der Waals surface area contributed by atoms with Crippen LogP contribution in [0.4, 0.5) is 0 Å². The molecule has 40 heavy (non-hydrogen) atoms. The second-order valence-electron chi connectivity index (χ2n) is 8.67. The first kappa shape index (κ1) is 27.3. The summed E-state index contributed by atoms with van der Waals surface area (Å²) in [5, 5.41) is 15.7. The van der Waals surface area contributed by atoms with Crippen LogP contribution in [0.2, 0.25) is 0 Å². The number of ether oxygens (including phenoxy) is 2. The number of para-hydroxylation sites is 1. The van der Waals surface area contributed by atoms with E-state index in [2.05, 4.69) is 20.2 Å². The number of β-lactam (4-membered cyclic amide) rings is 1. The number of carbonyl (C=O) groups excluding carboxylic acids is 2. The number of carbonyl (C=O) groups is 2. The molecule has 1 aromatic heterocycles. The topological polar surface area (TPSA) is 167 Å². The number of nitrogens with zero attached hydrogens (tertiary/aromatic N) is 3. The number of amides is 1. The van der Waals surface area contributed by atoms with Crippen molar-refractivity contribution in [2.75, 3.05) is 18.6 Å². The van der Waals surface area contributed by atoms with Gasteiger partial charge in [-0.05, 0) is 35.4 Å². The molecule has 2 atom stereocenters. The number of nitrogens with one attached hydrogen (secondary N) is 2. The minimum Gasteiger partial charge on any atom is -0.507 e. The van der Waals surface area contributed by atoms with E-state index in [9.17, 15) is 24.3 Å². The predicted molar refractivity (Wildman–Crippen MR) is 149 cm³/mol. The van der Waals surface area contributed by atoms with E-state index in [0.717, 1.165) is 17.3 Å². The first-order chi connectivity index (χ1) is 19.4. The molecule has 3 aromatic rings. The van der Waals surface area contributed by atoms with Crippen LogP contribution in [-0.4, -0.2) is 73.3 Å². The van der Waals surface area contributed by atoms with Crippen LogP contribution in [-0.2, 0) is 20.9 Å². The van der Waals surface area contributed by atoms with Crippen molar-refractivity contribution in [3.8, 4) is 11.5 Å². The van der Waals surface area contributed by atoms with Crippen molar-refractivity contribution < 1.29 is 24.2 Å². The molecule has 1 saturated heterocycles. The minimum atomic E-state index is -0.871.